The number of halogens is 1. The van der Waals surface area contributed by atoms with Gasteiger partial charge in [0, 0.05) is 17.2 Å². The Balaban J connectivity index is 1.83. The Morgan fingerprint density at radius 3 is 3.00 bits per heavy atom. The maximum absolute atomic E-state index is 9.45. The van der Waals surface area contributed by atoms with E-state index in [2.05, 4.69) is 36.4 Å². The molecule has 0 unspecified atom stereocenters. The van der Waals surface area contributed by atoms with E-state index in [9.17, 15) is 5.11 Å². The van der Waals surface area contributed by atoms with Crippen LogP contribution >= 0.6 is 15.9 Å². The summed E-state index contributed by atoms with van der Waals surface area (Å²) >= 11 is 3.32. The average Bonchev–Trinajstić information content (AvgIpc) is 2.98. The number of nitrogens with one attached hydrogen (secondary N) is 1. The zero-order chi connectivity index (χ0) is 12.5. The second kappa shape index (κ2) is 4.75. The van der Waals surface area contributed by atoms with Crippen molar-refractivity contribution in [2.24, 2.45) is 0 Å². The number of hydrogen-bond acceptors (Lipinski definition) is 6. The number of pyridine rings is 1. The molecule has 0 amide bonds. The van der Waals surface area contributed by atoms with Crippen LogP contribution in [0.4, 0.5) is 0 Å². The van der Waals surface area contributed by atoms with Crippen molar-refractivity contribution < 1.29 is 9.63 Å². The van der Waals surface area contributed by atoms with Crippen molar-refractivity contribution in [2.75, 3.05) is 6.54 Å². The van der Waals surface area contributed by atoms with E-state index in [1.165, 1.54) is 0 Å². The van der Waals surface area contributed by atoms with E-state index < -0.39 is 0 Å². The highest BCUT2D eigenvalue weighted by molar-refractivity contribution is 9.10. The van der Waals surface area contributed by atoms with Gasteiger partial charge in [-0.1, -0.05) is 5.16 Å². The summed E-state index contributed by atoms with van der Waals surface area (Å²) in [6.07, 6.45) is 1.93. The van der Waals surface area contributed by atoms with Crippen LogP contribution in [0.15, 0.2) is 27.3 Å². The molecule has 0 saturated carbocycles. The smallest absolute Gasteiger partial charge is 0.244 e. The molecule has 2 N–H and O–H groups in total. The minimum absolute atomic E-state index is 0.0725. The van der Waals surface area contributed by atoms with E-state index in [-0.39, 0.29) is 12.1 Å². The monoisotopic (exact) mass is 310 g/mol. The summed E-state index contributed by atoms with van der Waals surface area (Å²) in [4.78, 5) is 8.50. The van der Waals surface area contributed by atoms with Crippen molar-refractivity contribution >= 4 is 15.9 Å². The predicted molar refractivity (Wildman–Crippen MR) is 66.6 cm³/mol. The van der Waals surface area contributed by atoms with Crippen molar-refractivity contribution in [3.63, 3.8) is 0 Å². The molecule has 0 aliphatic carbocycles. The molecule has 2 aromatic heterocycles. The van der Waals surface area contributed by atoms with Crippen LogP contribution < -0.4 is 5.32 Å². The lowest BCUT2D eigenvalue weighted by Crippen LogP contribution is -2.15. The number of hydrogen-bond donors (Lipinski definition) is 2. The van der Waals surface area contributed by atoms with Crippen LogP contribution in [0.1, 0.15) is 18.4 Å². The summed E-state index contributed by atoms with van der Waals surface area (Å²) in [5.41, 5.74) is 0.659. The molecule has 1 fully saturated rings. The van der Waals surface area contributed by atoms with Crippen LogP contribution in [0.5, 0.6) is 0 Å². The van der Waals surface area contributed by atoms with Gasteiger partial charge in [0.2, 0.25) is 11.7 Å². The first kappa shape index (κ1) is 11.8. The number of nitrogens with zero attached hydrogens (tertiary/aromatic N) is 3. The summed E-state index contributed by atoms with van der Waals surface area (Å²) in [5.74, 6) is 0.951. The zero-order valence-corrected chi connectivity index (χ0v) is 11.0. The molecule has 0 radical (unpaired) electrons. The number of aromatic nitrogens is 3. The van der Waals surface area contributed by atoms with Gasteiger partial charge in [-0.15, -0.1) is 0 Å². The van der Waals surface area contributed by atoms with Gasteiger partial charge in [0.1, 0.15) is 5.69 Å². The maximum Gasteiger partial charge on any atom is 0.244 e. The normalized spacial score (nSPS) is 23.4. The molecular weight excluding hydrogens is 300 g/mol. The van der Waals surface area contributed by atoms with Gasteiger partial charge in [-0.05, 0) is 34.5 Å². The molecule has 0 spiro atoms. The Hall–Kier alpha value is -1.31. The van der Waals surface area contributed by atoms with E-state index in [1.807, 2.05) is 12.1 Å². The first-order valence-electron chi connectivity index (χ1n) is 5.59. The Bertz CT molecular complexity index is 542. The van der Waals surface area contributed by atoms with Gasteiger partial charge in [0.05, 0.1) is 12.1 Å². The molecule has 7 heteroatoms. The molecule has 3 rings (SSSR count). The van der Waals surface area contributed by atoms with Crippen molar-refractivity contribution in [1.82, 2.24) is 20.4 Å². The van der Waals surface area contributed by atoms with Gasteiger partial charge in [-0.2, -0.15) is 4.98 Å². The topological polar surface area (TPSA) is 84.1 Å². The van der Waals surface area contributed by atoms with Gasteiger partial charge in [0.25, 0.3) is 0 Å². The zero-order valence-electron chi connectivity index (χ0n) is 9.38. The summed E-state index contributed by atoms with van der Waals surface area (Å²) in [6.45, 7) is 0.554. The van der Waals surface area contributed by atoms with Gasteiger partial charge in [0.15, 0.2) is 0 Å². The lowest BCUT2D eigenvalue weighted by Gasteiger charge is -2.01. The molecule has 6 nitrogen and oxygen atoms in total. The number of rotatable bonds is 2. The molecule has 0 bridgehead atoms. The van der Waals surface area contributed by atoms with Gasteiger partial charge >= 0.3 is 0 Å². The highest BCUT2D eigenvalue weighted by Crippen LogP contribution is 2.24. The quantitative estimate of drug-likeness (QED) is 0.869. The van der Waals surface area contributed by atoms with Crippen LogP contribution in [-0.4, -0.2) is 32.9 Å². The predicted octanol–water partition coefficient (Wildman–Crippen LogP) is 1.29. The minimum Gasteiger partial charge on any atom is -0.392 e. The molecule has 1 saturated heterocycles. The summed E-state index contributed by atoms with van der Waals surface area (Å²) in [6, 6.07) is 3.61. The molecule has 2 aromatic rings. The van der Waals surface area contributed by atoms with Crippen LogP contribution in [0.3, 0.4) is 0 Å². The molecule has 2 atom stereocenters. The van der Waals surface area contributed by atoms with E-state index in [0.717, 1.165) is 4.47 Å². The van der Waals surface area contributed by atoms with Crippen LogP contribution in [0, 0.1) is 0 Å². The third-order valence-corrected chi connectivity index (χ3v) is 3.27. The van der Waals surface area contributed by atoms with Crippen LogP contribution in [0.25, 0.3) is 11.5 Å². The fourth-order valence-corrected chi connectivity index (χ4v) is 2.13. The van der Waals surface area contributed by atoms with E-state index in [1.54, 1.807) is 6.20 Å². The first-order chi connectivity index (χ1) is 8.72. The van der Waals surface area contributed by atoms with Gasteiger partial charge in [-0.25, -0.2) is 0 Å². The maximum atomic E-state index is 9.45. The largest absolute Gasteiger partial charge is 0.392 e. The molecule has 94 valence electrons. The second-order valence-electron chi connectivity index (χ2n) is 4.17. The van der Waals surface area contributed by atoms with Gasteiger partial charge in [-0.3, -0.25) is 4.98 Å². The first-order valence-corrected chi connectivity index (χ1v) is 6.38. The van der Waals surface area contributed by atoms with E-state index in [4.69, 9.17) is 4.52 Å². The standard InChI is InChI=1S/C11H11BrN4O2/c12-6-1-2-8(13-4-6)10-15-11(18-16-10)9-3-7(17)5-14-9/h1-2,4,7,9,14,17H,3,5H2/t7-,9-/m0/s1. The molecule has 0 aromatic carbocycles. The van der Waals surface area contributed by atoms with Crippen molar-refractivity contribution in [3.8, 4) is 11.5 Å². The number of aliphatic hydroxyl groups is 1. The molecule has 1 aliphatic heterocycles. The molecular formula is C11H11BrN4O2. The summed E-state index contributed by atoms with van der Waals surface area (Å²) < 4.78 is 6.09. The van der Waals surface area contributed by atoms with E-state index in [0.29, 0.717) is 30.4 Å². The second-order valence-corrected chi connectivity index (χ2v) is 5.08. The minimum atomic E-state index is -0.351. The highest BCUT2D eigenvalue weighted by atomic mass is 79.9. The third kappa shape index (κ3) is 2.29. The number of β-amino-alcohol motifs (C(OH)–C–C–N with tert-alkyl or cyclic N) is 1. The summed E-state index contributed by atoms with van der Waals surface area (Å²) in [7, 11) is 0. The molecule has 1 aliphatic rings. The van der Waals surface area contributed by atoms with Crippen molar-refractivity contribution in [2.45, 2.75) is 18.6 Å². The van der Waals surface area contributed by atoms with Gasteiger partial charge < -0.3 is 14.9 Å². The molecule has 18 heavy (non-hydrogen) atoms. The van der Waals surface area contributed by atoms with Crippen LogP contribution in [-0.2, 0) is 0 Å². The molecule has 3 heterocycles. The number of aliphatic hydroxyl groups excluding tert-OH is 1. The summed E-state index contributed by atoms with van der Waals surface area (Å²) in [5, 5.41) is 16.5. The van der Waals surface area contributed by atoms with Crippen molar-refractivity contribution in [1.29, 1.82) is 0 Å². The Labute approximate surface area is 112 Å². The van der Waals surface area contributed by atoms with Crippen LogP contribution in [0.2, 0.25) is 0 Å². The fraction of sp³-hybridized carbons (Fsp3) is 0.364. The lowest BCUT2D eigenvalue weighted by atomic mass is 10.2. The Morgan fingerprint density at radius 2 is 2.33 bits per heavy atom. The van der Waals surface area contributed by atoms with Crippen molar-refractivity contribution in [3.05, 3.63) is 28.7 Å². The Morgan fingerprint density at radius 1 is 1.44 bits per heavy atom. The highest BCUT2D eigenvalue weighted by Gasteiger charge is 2.28. The lowest BCUT2D eigenvalue weighted by molar-refractivity contribution is 0.191. The SMILES string of the molecule is O[C@@H]1CN[C@H](c2nc(-c3ccc(Br)cn3)no2)C1. The fourth-order valence-electron chi connectivity index (χ4n) is 1.89. The third-order valence-electron chi connectivity index (χ3n) is 2.80. The average molecular weight is 311 g/mol. The van der Waals surface area contributed by atoms with E-state index >= 15 is 0 Å². The Kier molecular flexibility index (Phi) is 3.11.